The Bertz CT molecular complexity index is 943. The normalized spacial score (nSPS) is 18.9. The Balaban J connectivity index is 1.46. The van der Waals surface area contributed by atoms with Crippen molar-refractivity contribution in [2.24, 2.45) is 5.92 Å². The van der Waals surface area contributed by atoms with Crippen LogP contribution in [0.3, 0.4) is 0 Å². The number of carbonyl (C=O) groups excluding carboxylic acids is 2. The summed E-state index contributed by atoms with van der Waals surface area (Å²) in [4.78, 5) is 45.5. The lowest BCUT2D eigenvalue weighted by Crippen LogP contribution is -2.57. The van der Waals surface area contributed by atoms with Crippen molar-refractivity contribution >= 4 is 29.3 Å². The summed E-state index contributed by atoms with van der Waals surface area (Å²) < 4.78 is 0. The number of nitrogens with one attached hydrogen (secondary N) is 2. The molecule has 1 atom stereocenters. The summed E-state index contributed by atoms with van der Waals surface area (Å²) in [6.45, 7) is 6.94. The average Bonchev–Trinajstić information content (AvgIpc) is 2.65. The number of nitrogens with zero attached hydrogens (tertiary/aromatic N) is 6. The number of fused-ring (bicyclic) bond motifs is 1. The van der Waals surface area contributed by atoms with Gasteiger partial charge in [0.2, 0.25) is 11.9 Å². The van der Waals surface area contributed by atoms with Crippen LogP contribution < -0.4 is 15.5 Å². The van der Waals surface area contributed by atoms with Crippen LogP contribution in [-0.2, 0) is 4.79 Å². The monoisotopic (exact) mass is 396 g/mol. The van der Waals surface area contributed by atoms with E-state index in [1.54, 1.807) is 4.90 Å². The Morgan fingerprint density at radius 2 is 2.03 bits per heavy atom. The number of hydrogen-bond donors (Lipinski definition) is 2. The summed E-state index contributed by atoms with van der Waals surface area (Å²) >= 11 is 0. The second-order valence-corrected chi connectivity index (χ2v) is 7.76. The first kappa shape index (κ1) is 19.0. The van der Waals surface area contributed by atoms with E-state index in [9.17, 15) is 9.59 Å². The van der Waals surface area contributed by atoms with Gasteiger partial charge in [-0.2, -0.15) is 4.98 Å². The van der Waals surface area contributed by atoms with Crippen LogP contribution >= 0.6 is 0 Å². The molecule has 0 aliphatic carbocycles. The number of hydrogen-bond acceptors (Lipinski definition) is 8. The van der Waals surface area contributed by atoms with Crippen molar-refractivity contribution in [1.29, 1.82) is 0 Å². The lowest BCUT2D eigenvalue weighted by Gasteiger charge is -2.40. The van der Waals surface area contributed by atoms with E-state index in [1.807, 2.05) is 32.7 Å². The Morgan fingerprint density at radius 3 is 2.69 bits per heavy atom. The van der Waals surface area contributed by atoms with Gasteiger partial charge in [0, 0.05) is 32.5 Å². The fourth-order valence-electron chi connectivity index (χ4n) is 3.77. The molecule has 4 rings (SSSR count). The number of amides is 2. The Kier molecular flexibility index (Phi) is 4.77. The van der Waals surface area contributed by atoms with Gasteiger partial charge in [0.15, 0.2) is 5.82 Å². The number of likely N-dealkylation sites (N-methyl/N-ethyl adjacent to an activating group) is 1. The van der Waals surface area contributed by atoms with Gasteiger partial charge >= 0.3 is 0 Å². The van der Waals surface area contributed by atoms with E-state index in [1.165, 1.54) is 18.6 Å². The molecule has 29 heavy (non-hydrogen) atoms. The Hall–Kier alpha value is -3.30. The average molecular weight is 396 g/mol. The van der Waals surface area contributed by atoms with Gasteiger partial charge < -0.3 is 20.4 Å². The molecule has 1 saturated heterocycles. The molecule has 2 aromatic rings. The smallest absolute Gasteiger partial charge is 0.274 e. The molecular formula is C19H24N8O2. The van der Waals surface area contributed by atoms with Crippen molar-refractivity contribution in [2.45, 2.75) is 32.9 Å². The first-order valence-electron chi connectivity index (χ1n) is 9.59. The van der Waals surface area contributed by atoms with Gasteiger partial charge in [0.25, 0.3) is 5.91 Å². The molecule has 152 valence electrons. The lowest BCUT2D eigenvalue weighted by atomic mass is 9.99. The third kappa shape index (κ3) is 3.45. The quantitative estimate of drug-likeness (QED) is 0.784. The third-order valence-electron chi connectivity index (χ3n) is 5.25. The molecule has 0 aromatic carbocycles. The van der Waals surface area contributed by atoms with Crippen LogP contribution in [0.4, 0.5) is 17.5 Å². The van der Waals surface area contributed by atoms with Crippen LogP contribution in [0, 0.1) is 12.8 Å². The van der Waals surface area contributed by atoms with Crippen LogP contribution in [0.25, 0.3) is 0 Å². The van der Waals surface area contributed by atoms with E-state index in [0.717, 1.165) is 0 Å². The van der Waals surface area contributed by atoms with Crippen molar-refractivity contribution in [3.05, 3.63) is 30.0 Å². The predicted molar refractivity (Wildman–Crippen MR) is 108 cm³/mol. The van der Waals surface area contributed by atoms with Gasteiger partial charge in [-0.25, -0.2) is 9.97 Å². The molecule has 4 heterocycles. The van der Waals surface area contributed by atoms with Crippen LogP contribution in [0.5, 0.6) is 0 Å². The van der Waals surface area contributed by atoms with Gasteiger partial charge in [-0.1, -0.05) is 13.8 Å². The first-order chi connectivity index (χ1) is 13.8. The molecular weight excluding hydrogens is 372 g/mol. The van der Waals surface area contributed by atoms with Crippen LogP contribution in [-0.4, -0.2) is 68.9 Å². The number of carbonyl (C=O) groups is 2. The van der Waals surface area contributed by atoms with Gasteiger partial charge in [-0.3, -0.25) is 14.6 Å². The molecule has 0 spiro atoms. The molecule has 1 unspecified atom stereocenters. The molecule has 1 fully saturated rings. The second kappa shape index (κ2) is 7.26. The summed E-state index contributed by atoms with van der Waals surface area (Å²) in [6, 6.07) is -0.231. The van der Waals surface area contributed by atoms with Crippen molar-refractivity contribution in [1.82, 2.24) is 24.8 Å². The zero-order valence-corrected chi connectivity index (χ0v) is 16.9. The highest BCUT2D eigenvalue weighted by Crippen LogP contribution is 2.34. The second-order valence-electron chi connectivity index (χ2n) is 7.76. The highest BCUT2D eigenvalue weighted by Gasteiger charge is 2.36. The maximum atomic E-state index is 12.4. The van der Waals surface area contributed by atoms with Crippen molar-refractivity contribution < 1.29 is 9.59 Å². The first-order valence-corrected chi connectivity index (χ1v) is 9.59. The van der Waals surface area contributed by atoms with E-state index in [0.29, 0.717) is 41.9 Å². The fraction of sp³-hybridized carbons (Fsp3) is 0.474. The highest BCUT2D eigenvalue weighted by atomic mass is 16.2. The third-order valence-corrected chi connectivity index (χ3v) is 5.25. The summed E-state index contributed by atoms with van der Waals surface area (Å²) in [7, 11) is 1.88. The van der Waals surface area contributed by atoms with Gasteiger partial charge in [-0.15, -0.1) is 0 Å². The largest absolute Gasteiger partial charge is 0.348 e. The number of aryl methyl sites for hydroxylation is 1. The fourth-order valence-corrected chi connectivity index (χ4v) is 3.77. The van der Waals surface area contributed by atoms with Gasteiger partial charge in [0.1, 0.15) is 17.4 Å². The van der Waals surface area contributed by atoms with Crippen molar-refractivity contribution in [3.63, 3.8) is 0 Å². The molecule has 0 bridgehead atoms. The van der Waals surface area contributed by atoms with E-state index in [-0.39, 0.29) is 29.8 Å². The van der Waals surface area contributed by atoms with Gasteiger partial charge in [-0.05, 0) is 12.8 Å². The van der Waals surface area contributed by atoms with Crippen LogP contribution in [0.2, 0.25) is 0 Å². The van der Waals surface area contributed by atoms with E-state index in [4.69, 9.17) is 0 Å². The minimum absolute atomic E-state index is 0.0421. The molecule has 10 heteroatoms. The highest BCUT2D eigenvalue weighted by molar-refractivity contribution is 6.03. The number of likely N-dealkylation sites (tertiary alicyclic amines) is 1. The van der Waals surface area contributed by atoms with E-state index < -0.39 is 0 Å². The van der Waals surface area contributed by atoms with Crippen molar-refractivity contribution in [3.8, 4) is 0 Å². The molecule has 2 aliphatic heterocycles. The zero-order valence-electron chi connectivity index (χ0n) is 16.9. The Morgan fingerprint density at radius 1 is 1.28 bits per heavy atom. The molecule has 0 saturated carbocycles. The SMILES string of the molecule is Cc1nc(NC2CN(C(=O)c3cnccn3)C2)nc2c1NC(=O)C(C(C)C)N2C. The minimum atomic E-state index is -0.284. The number of rotatable bonds is 4. The molecule has 2 N–H and O–H groups in total. The minimum Gasteiger partial charge on any atom is -0.348 e. The molecule has 2 aliphatic rings. The lowest BCUT2D eigenvalue weighted by molar-refractivity contribution is -0.118. The van der Waals surface area contributed by atoms with Crippen LogP contribution in [0.15, 0.2) is 18.6 Å². The van der Waals surface area contributed by atoms with Crippen molar-refractivity contribution in [2.75, 3.05) is 35.7 Å². The predicted octanol–water partition coefficient (Wildman–Crippen LogP) is 0.924. The summed E-state index contributed by atoms with van der Waals surface area (Å²) in [5.41, 5.74) is 1.68. The topological polar surface area (TPSA) is 116 Å². The number of anilines is 3. The Labute approximate surface area is 168 Å². The summed E-state index contributed by atoms with van der Waals surface area (Å²) in [6.07, 6.45) is 4.51. The number of aromatic nitrogens is 4. The molecule has 10 nitrogen and oxygen atoms in total. The summed E-state index contributed by atoms with van der Waals surface area (Å²) in [5.74, 6) is 1.15. The summed E-state index contributed by atoms with van der Waals surface area (Å²) in [5, 5.41) is 6.23. The molecule has 0 radical (unpaired) electrons. The molecule has 2 aromatic heterocycles. The van der Waals surface area contributed by atoms with E-state index in [2.05, 4.69) is 30.6 Å². The standard InChI is InChI=1S/C19H24N8O2/c1-10(2)15-17(28)24-14-11(3)22-19(25-16(14)26(15)4)23-12-8-27(9-12)18(29)13-7-20-5-6-21-13/h5-7,10,12,15H,8-9H2,1-4H3,(H,24,28)(H,22,23,25). The van der Waals surface area contributed by atoms with Crippen LogP contribution in [0.1, 0.15) is 30.0 Å². The molecule has 2 amide bonds. The maximum Gasteiger partial charge on any atom is 0.274 e. The van der Waals surface area contributed by atoms with Gasteiger partial charge in [0.05, 0.1) is 17.9 Å². The zero-order chi connectivity index (χ0) is 20.7. The maximum absolute atomic E-state index is 12.4. The van der Waals surface area contributed by atoms with E-state index >= 15 is 0 Å².